The minimum absolute atomic E-state index is 0.833. The van der Waals surface area contributed by atoms with E-state index in [0.29, 0.717) is 0 Å². The Morgan fingerprint density at radius 2 is 1.40 bits per heavy atom. The zero-order chi connectivity index (χ0) is 9.15. The molecule has 0 aliphatic rings. The summed E-state index contributed by atoms with van der Waals surface area (Å²) < 4.78 is 0. The lowest BCUT2D eigenvalue weighted by Gasteiger charge is -1.62. The van der Waals surface area contributed by atoms with Crippen molar-refractivity contribution in [1.29, 1.82) is 0 Å². The van der Waals surface area contributed by atoms with Crippen LogP contribution in [0.3, 0.4) is 0 Å². The van der Waals surface area contributed by atoms with Gasteiger partial charge in [0.15, 0.2) is 0 Å². The molecule has 0 heterocycles. The molecule has 0 radical (unpaired) electrons. The van der Waals surface area contributed by atoms with Crippen molar-refractivity contribution in [2.24, 2.45) is 23.2 Å². The lowest BCUT2D eigenvalue weighted by Crippen LogP contribution is -2.18. The second kappa shape index (κ2) is 15.7. The first-order chi connectivity index (χ1) is 4.46. The number of carbonyl (C=O) groups is 1. The van der Waals surface area contributed by atoms with E-state index in [2.05, 4.69) is 23.2 Å². The van der Waals surface area contributed by atoms with Crippen LogP contribution >= 0.6 is 0 Å². The van der Waals surface area contributed by atoms with Crippen molar-refractivity contribution in [1.82, 2.24) is 0 Å². The third kappa shape index (κ3) is 71.6. The van der Waals surface area contributed by atoms with E-state index in [9.17, 15) is 0 Å². The highest BCUT2D eigenvalue weighted by atomic mass is 16.9. The molecular weight excluding hydrogens is 146 g/mol. The summed E-state index contributed by atoms with van der Waals surface area (Å²) in [5.74, 6) is 8.00. The molecule has 62 valence electrons. The summed E-state index contributed by atoms with van der Waals surface area (Å²) in [6, 6.07) is -0.833. The van der Waals surface area contributed by atoms with Crippen molar-refractivity contribution in [2.75, 3.05) is 0 Å². The van der Waals surface area contributed by atoms with Gasteiger partial charge in [-0.1, -0.05) is 0 Å². The molecular formula is CH9N5O4. The Bertz CT molecular complexity index is 71.6. The molecule has 0 aliphatic heterocycles. The second-order valence-corrected chi connectivity index (χ2v) is 0.640. The van der Waals surface area contributed by atoms with Crippen LogP contribution in [-0.2, 0) is 0 Å². The zero-order valence-corrected chi connectivity index (χ0v) is 4.93. The molecule has 9 nitrogen and oxygen atoms in total. The number of primary amides is 2. The van der Waals surface area contributed by atoms with Crippen LogP contribution in [0.5, 0.6) is 0 Å². The van der Waals surface area contributed by atoms with Crippen molar-refractivity contribution < 1.29 is 15.1 Å². The van der Waals surface area contributed by atoms with Crippen molar-refractivity contribution in [3.05, 3.63) is 10.1 Å². The molecule has 0 bridgehead atoms. The van der Waals surface area contributed by atoms with E-state index < -0.39 is 11.1 Å². The Morgan fingerprint density at radius 1 is 1.40 bits per heavy atom. The highest BCUT2D eigenvalue weighted by Gasteiger charge is 1.65. The van der Waals surface area contributed by atoms with Crippen LogP contribution in [0.1, 0.15) is 0 Å². The smallest absolute Gasteiger partial charge is 0.309 e. The van der Waals surface area contributed by atoms with E-state index in [4.69, 9.17) is 20.1 Å². The van der Waals surface area contributed by atoms with Gasteiger partial charge < -0.3 is 16.7 Å². The molecule has 9 N–H and O–H groups in total. The molecule has 0 fully saturated rings. The monoisotopic (exact) mass is 155 g/mol. The van der Waals surface area contributed by atoms with Crippen LogP contribution in [0, 0.1) is 10.1 Å². The molecule has 0 aromatic heterocycles. The highest BCUT2D eigenvalue weighted by Crippen LogP contribution is 1.38. The number of hydrazine groups is 1. The number of hydrogen-bond acceptors (Lipinski definition) is 5. The Labute approximate surface area is 55.6 Å². The molecule has 9 heteroatoms. The average molecular weight is 155 g/mol. The molecule has 0 aromatic rings. The first-order valence-corrected chi connectivity index (χ1v) is 1.68. The summed E-state index contributed by atoms with van der Waals surface area (Å²) in [7, 11) is 0. The summed E-state index contributed by atoms with van der Waals surface area (Å²) in [6.45, 7) is 0. The summed E-state index contributed by atoms with van der Waals surface area (Å²) >= 11 is 0. The molecule has 0 atom stereocenters. The van der Waals surface area contributed by atoms with Gasteiger partial charge in [-0.3, -0.25) is 11.7 Å². The molecule has 0 saturated heterocycles. The van der Waals surface area contributed by atoms with Gasteiger partial charge in [-0.15, -0.1) is 10.1 Å². The van der Waals surface area contributed by atoms with E-state index in [0.717, 1.165) is 0 Å². The lowest BCUT2D eigenvalue weighted by molar-refractivity contribution is -0.742. The number of urea groups is 1. The summed E-state index contributed by atoms with van der Waals surface area (Å²) in [5.41, 5.74) is 8.50. The maximum Gasteiger partial charge on any atom is 0.309 e. The number of rotatable bonds is 0. The van der Waals surface area contributed by atoms with Gasteiger partial charge >= 0.3 is 6.03 Å². The predicted octanol–water partition coefficient (Wildman–Crippen LogP) is -2.51. The standard InChI is InChI=1S/CH4N2O.H4N2.HNO3/c2-1(3)4;1-2;2-1(3)4/h(H4,2,3,4);1-2H2;(H,2,3,4). The lowest BCUT2D eigenvalue weighted by atomic mass is 11.2. The fraction of sp³-hybridized carbons (Fsp3) is 0. The molecule has 10 heavy (non-hydrogen) atoms. The summed E-state index contributed by atoms with van der Waals surface area (Å²) in [5, 5.41) is 13.6. The van der Waals surface area contributed by atoms with E-state index in [1.807, 2.05) is 0 Å². The normalized spacial score (nSPS) is 5.40. The zero-order valence-electron chi connectivity index (χ0n) is 4.93. The fourth-order valence-electron chi connectivity index (χ4n) is 0. The Hall–Kier alpha value is -1.61. The van der Waals surface area contributed by atoms with Crippen molar-refractivity contribution in [3.8, 4) is 0 Å². The van der Waals surface area contributed by atoms with Gasteiger partial charge in [0.1, 0.15) is 0 Å². The molecule has 0 rings (SSSR count). The Balaban J connectivity index is -0.0000000787. The molecule has 0 aliphatic carbocycles. The minimum Gasteiger partial charge on any atom is -0.352 e. The van der Waals surface area contributed by atoms with E-state index in [1.165, 1.54) is 0 Å². The van der Waals surface area contributed by atoms with Crippen LogP contribution in [-0.4, -0.2) is 16.3 Å². The molecule has 0 spiro atoms. The predicted molar refractivity (Wildman–Crippen MR) is 30.9 cm³/mol. The van der Waals surface area contributed by atoms with E-state index in [1.54, 1.807) is 0 Å². The third-order valence-corrected chi connectivity index (χ3v) is 0. The van der Waals surface area contributed by atoms with Gasteiger partial charge in [-0.05, 0) is 0 Å². The maximum atomic E-state index is 9.00. The Kier molecular flexibility index (Phi) is 24.7. The van der Waals surface area contributed by atoms with Crippen molar-refractivity contribution in [2.45, 2.75) is 0 Å². The highest BCUT2D eigenvalue weighted by molar-refractivity contribution is 5.69. The van der Waals surface area contributed by atoms with Crippen LogP contribution < -0.4 is 23.2 Å². The summed E-state index contributed by atoms with van der Waals surface area (Å²) in [4.78, 5) is 17.4. The van der Waals surface area contributed by atoms with Gasteiger partial charge in [-0.25, -0.2) is 4.79 Å². The molecule has 0 aromatic carbocycles. The van der Waals surface area contributed by atoms with Gasteiger partial charge in [0, 0.05) is 0 Å². The summed E-state index contributed by atoms with van der Waals surface area (Å²) in [6.07, 6.45) is 0. The number of carbonyl (C=O) groups excluding carboxylic acids is 1. The van der Waals surface area contributed by atoms with Crippen molar-refractivity contribution in [3.63, 3.8) is 0 Å². The Morgan fingerprint density at radius 3 is 1.40 bits per heavy atom. The van der Waals surface area contributed by atoms with Gasteiger partial charge in [0.2, 0.25) is 0 Å². The third-order valence-electron chi connectivity index (χ3n) is 0. The largest absolute Gasteiger partial charge is 0.352 e. The number of nitrogens with zero attached hydrogens (tertiary/aromatic N) is 1. The van der Waals surface area contributed by atoms with E-state index in [-0.39, 0.29) is 0 Å². The minimum atomic E-state index is -1.50. The fourth-order valence-corrected chi connectivity index (χ4v) is 0. The van der Waals surface area contributed by atoms with Gasteiger partial charge in [-0.2, -0.15) is 0 Å². The topological polar surface area (TPSA) is 185 Å². The van der Waals surface area contributed by atoms with E-state index >= 15 is 0 Å². The quantitative estimate of drug-likeness (QED) is 0.146. The van der Waals surface area contributed by atoms with Crippen LogP contribution in [0.2, 0.25) is 0 Å². The van der Waals surface area contributed by atoms with Crippen molar-refractivity contribution >= 4 is 6.03 Å². The SMILES string of the molecule is NC(N)=O.NN.O=[N+]([O-])O. The van der Waals surface area contributed by atoms with Gasteiger partial charge in [0.05, 0.1) is 0 Å². The molecule has 2 amide bonds. The first-order valence-electron chi connectivity index (χ1n) is 1.68. The van der Waals surface area contributed by atoms with Crippen LogP contribution in [0.4, 0.5) is 4.79 Å². The maximum absolute atomic E-state index is 9.00. The van der Waals surface area contributed by atoms with Crippen LogP contribution in [0.15, 0.2) is 0 Å². The average Bonchev–Trinajstić information content (AvgIpc) is 1.66. The van der Waals surface area contributed by atoms with Gasteiger partial charge in [0.25, 0.3) is 5.09 Å². The first kappa shape index (κ1) is 15.8. The van der Waals surface area contributed by atoms with Crippen LogP contribution in [0.25, 0.3) is 0 Å². The number of hydrogen-bond donors (Lipinski definition) is 5. The number of amides is 2. The second-order valence-electron chi connectivity index (χ2n) is 0.640. The molecule has 0 saturated carbocycles. The number of nitrogens with two attached hydrogens (primary N) is 4. The molecule has 0 unspecified atom stereocenters.